The minimum Gasteiger partial charge on any atom is -0.482 e. The number of aliphatic hydroxyl groups is 1. The van der Waals surface area contributed by atoms with Gasteiger partial charge in [-0.2, -0.15) is 4.90 Å². The Labute approximate surface area is 384 Å². The number of amides is 3. The van der Waals surface area contributed by atoms with Crippen LogP contribution < -0.4 is 20.7 Å². The number of fused-ring (bicyclic) bond motifs is 1. The second kappa shape index (κ2) is 19.7. The van der Waals surface area contributed by atoms with E-state index in [2.05, 4.69) is 44.2 Å². The van der Waals surface area contributed by atoms with E-state index in [0.717, 1.165) is 16.0 Å². The molecule has 2 heterocycles. The van der Waals surface area contributed by atoms with Gasteiger partial charge in [-0.25, -0.2) is 19.0 Å². The highest BCUT2D eigenvalue weighted by Crippen LogP contribution is 2.40. The molecule has 0 aliphatic carbocycles. The molecule has 4 N–H and O–H groups in total. The first-order chi connectivity index (χ1) is 30.1. The molecule has 1 aliphatic rings. The van der Waals surface area contributed by atoms with Gasteiger partial charge in [0.2, 0.25) is 5.91 Å². The summed E-state index contributed by atoms with van der Waals surface area (Å²) < 4.78 is 46.0. The fourth-order valence-electron chi connectivity index (χ4n) is 7.19. The van der Waals surface area contributed by atoms with Crippen molar-refractivity contribution in [3.05, 3.63) is 88.9 Å². The van der Waals surface area contributed by atoms with Crippen LogP contribution in [-0.4, -0.2) is 91.7 Å². The molecular weight excluding hydrogens is 850 g/mol. The summed E-state index contributed by atoms with van der Waals surface area (Å²) in [5.74, 6) is -1.19. The number of nitrogen functional groups attached to an aromatic ring is 1. The Morgan fingerprint density at radius 1 is 0.938 bits per heavy atom. The summed E-state index contributed by atoms with van der Waals surface area (Å²) >= 11 is 0. The second-order valence-electron chi connectivity index (χ2n) is 20.4. The Hall–Kier alpha value is -5.29. The molecule has 3 amide bonds. The van der Waals surface area contributed by atoms with Gasteiger partial charge < -0.3 is 44.4 Å². The van der Waals surface area contributed by atoms with Gasteiger partial charge in [-0.1, -0.05) is 45.9 Å². The number of aryl methyl sites for hydroxylation is 1. The predicted molar refractivity (Wildman–Crippen MR) is 254 cm³/mol. The predicted octanol–water partition coefficient (Wildman–Crippen LogP) is 10.0. The zero-order valence-corrected chi connectivity index (χ0v) is 41.4. The Kier molecular flexibility index (Phi) is 15.3. The zero-order chi connectivity index (χ0) is 48.4. The first-order valence-corrected chi connectivity index (χ1v) is 24.9. The number of halogens is 1. The fraction of sp³-hybridized carbons (Fsp3) is 0.510. The molecule has 1 fully saturated rings. The third kappa shape index (κ3) is 12.5. The van der Waals surface area contributed by atoms with Crippen LogP contribution in [0.4, 0.5) is 31.2 Å². The van der Waals surface area contributed by atoms with Crippen LogP contribution >= 0.6 is 0 Å². The fourth-order valence-corrected chi connectivity index (χ4v) is 8.53. The number of aliphatic hydroxyl groups excluding tert-OH is 1. The van der Waals surface area contributed by atoms with Gasteiger partial charge in [0, 0.05) is 60.7 Å². The van der Waals surface area contributed by atoms with E-state index in [1.54, 1.807) is 78.9 Å². The van der Waals surface area contributed by atoms with E-state index < -0.39 is 55.8 Å². The van der Waals surface area contributed by atoms with Crippen LogP contribution in [0.5, 0.6) is 5.75 Å². The van der Waals surface area contributed by atoms with Crippen molar-refractivity contribution in [1.82, 2.24) is 9.88 Å². The minimum absolute atomic E-state index is 0.00329. The van der Waals surface area contributed by atoms with E-state index in [4.69, 9.17) is 29.1 Å². The number of imide groups is 1. The molecular formula is C49H68FN5O9Si. The van der Waals surface area contributed by atoms with Gasteiger partial charge in [0.15, 0.2) is 25.7 Å². The van der Waals surface area contributed by atoms with Crippen molar-refractivity contribution < 1.29 is 47.3 Å². The number of anilines is 3. The largest absolute Gasteiger partial charge is 0.482 e. The summed E-state index contributed by atoms with van der Waals surface area (Å²) in [7, 11) is -0.612. The number of benzene rings is 3. The number of carbonyl (C=O) groups excluding carboxylic acids is 3. The molecule has 4 aromatic rings. The number of nitrogens with one attached hydrogen (secondary N) is 1. The maximum absolute atomic E-state index is 15.9. The molecule has 0 saturated carbocycles. The summed E-state index contributed by atoms with van der Waals surface area (Å²) in [6.07, 6.45) is -1.46. The lowest BCUT2D eigenvalue weighted by Gasteiger charge is -2.39. The molecule has 14 nitrogen and oxygen atoms in total. The van der Waals surface area contributed by atoms with Gasteiger partial charge in [-0.3, -0.25) is 4.79 Å². The molecule has 65 heavy (non-hydrogen) atoms. The molecule has 16 heteroatoms. The van der Waals surface area contributed by atoms with Gasteiger partial charge in [0.05, 0.1) is 13.2 Å². The van der Waals surface area contributed by atoms with Crippen LogP contribution in [0.1, 0.15) is 103 Å². The molecule has 0 radical (unpaired) electrons. The Bertz CT molecular complexity index is 2350. The number of ether oxygens (including phenoxy) is 4. The quantitative estimate of drug-likeness (QED) is 0.0857. The van der Waals surface area contributed by atoms with Crippen LogP contribution in [0, 0.1) is 12.7 Å². The highest BCUT2D eigenvalue weighted by atomic mass is 28.4. The summed E-state index contributed by atoms with van der Waals surface area (Å²) in [6, 6.07) is 14.4. The van der Waals surface area contributed by atoms with E-state index in [9.17, 15) is 19.5 Å². The summed E-state index contributed by atoms with van der Waals surface area (Å²) in [5.41, 5.74) is 7.85. The summed E-state index contributed by atoms with van der Waals surface area (Å²) in [5, 5.41) is 14.3. The number of rotatable bonds is 13. The molecule has 3 aromatic carbocycles. The topological polar surface area (TPSA) is 175 Å². The third-order valence-electron chi connectivity index (χ3n) is 11.5. The number of likely N-dealkylation sites (N-methyl/N-ethyl adjacent to an activating group) is 1. The Morgan fingerprint density at radius 2 is 1.57 bits per heavy atom. The SMILES string of the molecule is Cc1cc(C(Nc2ccc3c(N(C(=O)OC(C)(C)C)C(=O)OC(C)(C)C)nccc3c2)C(=O)N(C)Cc2cc(N)cc(F)c2O[C@@H]2COC[C@@H]2O[Si](C)(C)C(C)(C)C)ccc1[C@@H](C)CO. The first kappa shape index (κ1) is 50.7. The second-order valence-corrected chi connectivity index (χ2v) is 25.2. The van der Waals surface area contributed by atoms with Crippen molar-refractivity contribution in [2.45, 2.75) is 136 Å². The van der Waals surface area contributed by atoms with Crippen molar-refractivity contribution in [1.29, 1.82) is 0 Å². The number of carbonyl (C=O) groups is 3. The Morgan fingerprint density at radius 3 is 2.15 bits per heavy atom. The monoisotopic (exact) mass is 917 g/mol. The molecule has 354 valence electrons. The first-order valence-electron chi connectivity index (χ1n) is 22.0. The molecule has 1 saturated heterocycles. The number of hydrogen-bond donors (Lipinski definition) is 3. The molecule has 1 unspecified atom stereocenters. The average molecular weight is 918 g/mol. The van der Waals surface area contributed by atoms with Crippen molar-refractivity contribution >= 4 is 54.4 Å². The lowest BCUT2D eigenvalue weighted by Crippen LogP contribution is -2.48. The minimum atomic E-state index is -2.24. The average Bonchev–Trinajstić information content (AvgIpc) is 3.61. The number of hydrogen-bond acceptors (Lipinski definition) is 12. The molecule has 0 spiro atoms. The Balaban J connectivity index is 1.51. The lowest BCUT2D eigenvalue weighted by atomic mass is 9.93. The van der Waals surface area contributed by atoms with Crippen LogP contribution in [0.2, 0.25) is 18.1 Å². The standard InChI is InChI=1S/C49H68FN5O9Si/c1-29-21-32(15-17-36(29)30(2)26-56)41(53-35-16-18-37-31(23-35)19-20-52-43(37)55(45(58)62-47(3,4)5)46(59)63-48(6,7)8)44(57)54(12)25-33-22-34(51)24-38(50)42(33)61-39-27-60-28-40(39)64-65(13,14)49(9,10)11/h15-24,30,39-41,53,56H,25-28,51H2,1-14H3/t30-,39+,40-,41?/m0/s1. The van der Waals surface area contributed by atoms with Crippen LogP contribution in [0.25, 0.3) is 10.8 Å². The van der Waals surface area contributed by atoms with Crippen LogP contribution in [0.3, 0.4) is 0 Å². The molecule has 5 rings (SSSR count). The smallest absolute Gasteiger partial charge is 0.425 e. The normalized spacial score (nSPS) is 16.7. The van der Waals surface area contributed by atoms with Gasteiger partial charge in [0.25, 0.3) is 0 Å². The maximum Gasteiger partial charge on any atom is 0.425 e. The highest BCUT2D eigenvalue weighted by molar-refractivity contribution is 6.74. The van der Waals surface area contributed by atoms with E-state index in [1.165, 1.54) is 17.2 Å². The van der Waals surface area contributed by atoms with Crippen LogP contribution in [-0.2, 0) is 30.0 Å². The van der Waals surface area contributed by atoms with Crippen molar-refractivity contribution in [2.24, 2.45) is 0 Å². The molecule has 1 aromatic heterocycles. The van der Waals surface area contributed by atoms with Crippen molar-refractivity contribution in [2.75, 3.05) is 42.8 Å². The number of pyridine rings is 1. The van der Waals surface area contributed by atoms with Crippen molar-refractivity contribution in [3.8, 4) is 5.75 Å². The van der Waals surface area contributed by atoms with E-state index in [-0.39, 0.29) is 53.9 Å². The van der Waals surface area contributed by atoms with Gasteiger partial charge in [-0.05, 0) is 119 Å². The molecule has 0 bridgehead atoms. The zero-order valence-electron chi connectivity index (χ0n) is 40.4. The number of nitrogens with zero attached hydrogens (tertiary/aromatic N) is 3. The highest BCUT2D eigenvalue weighted by Gasteiger charge is 2.44. The van der Waals surface area contributed by atoms with Gasteiger partial charge in [-0.15, -0.1) is 0 Å². The number of aromatic nitrogens is 1. The summed E-state index contributed by atoms with van der Waals surface area (Å²) in [4.78, 5) is 48.7. The lowest BCUT2D eigenvalue weighted by molar-refractivity contribution is -0.131. The third-order valence-corrected chi connectivity index (χ3v) is 16.0. The van der Waals surface area contributed by atoms with Gasteiger partial charge in [0.1, 0.15) is 29.5 Å². The van der Waals surface area contributed by atoms with Gasteiger partial charge >= 0.3 is 12.2 Å². The number of nitrogens with two attached hydrogens (primary N) is 1. The van der Waals surface area contributed by atoms with Crippen molar-refractivity contribution in [3.63, 3.8) is 0 Å². The van der Waals surface area contributed by atoms with E-state index in [1.807, 2.05) is 32.0 Å². The van der Waals surface area contributed by atoms with Crippen LogP contribution in [0.15, 0.2) is 60.8 Å². The molecule has 4 atom stereocenters. The van der Waals surface area contributed by atoms with E-state index in [0.29, 0.717) is 34.2 Å². The maximum atomic E-state index is 15.9. The van der Waals surface area contributed by atoms with E-state index >= 15 is 4.39 Å². The summed E-state index contributed by atoms with van der Waals surface area (Å²) in [6.45, 7) is 25.1. The molecule has 1 aliphatic heterocycles.